The summed E-state index contributed by atoms with van der Waals surface area (Å²) in [6.07, 6.45) is -7.33. The van der Waals surface area contributed by atoms with E-state index in [9.17, 15) is 21.6 Å². The Morgan fingerprint density at radius 3 is 2.32 bits per heavy atom. The molecule has 0 radical (unpaired) electrons. The van der Waals surface area contributed by atoms with Crippen molar-refractivity contribution in [1.29, 1.82) is 0 Å². The van der Waals surface area contributed by atoms with Gasteiger partial charge in [0.15, 0.2) is 6.10 Å². The summed E-state index contributed by atoms with van der Waals surface area (Å²) >= 11 is 0. The van der Waals surface area contributed by atoms with Gasteiger partial charge in [0.2, 0.25) is 10.0 Å². The zero-order valence-corrected chi connectivity index (χ0v) is 10.7. The number of nitrogens with one attached hydrogen (secondary N) is 1. The van der Waals surface area contributed by atoms with E-state index in [1.807, 2.05) is 0 Å². The van der Waals surface area contributed by atoms with Gasteiger partial charge in [-0.2, -0.15) is 13.2 Å². The van der Waals surface area contributed by atoms with Gasteiger partial charge < -0.3 is 5.11 Å². The zero-order valence-electron chi connectivity index (χ0n) is 9.89. The lowest BCUT2D eigenvalue weighted by Gasteiger charge is -2.15. The molecule has 0 aliphatic heterocycles. The van der Waals surface area contributed by atoms with Gasteiger partial charge in [-0.25, -0.2) is 13.1 Å². The summed E-state index contributed by atoms with van der Waals surface area (Å²) in [5.41, 5.74) is 0.768. The van der Waals surface area contributed by atoms with Crippen molar-refractivity contribution in [3.05, 3.63) is 35.9 Å². The Balaban J connectivity index is 2.45. The third-order valence-electron chi connectivity index (χ3n) is 2.38. The summed E-state index contributed by atoms with van der Waals surface area (Å²) < 4.78 is 60.6. The van der Waals surface area contributed by atoms with Gasteiger partial charge in [0.25, 0.3) is 0 Å². The Kier molecular flexibility index (Phi) is 5.33. The zero-order chi connectivity index (χ0) is 14.5. The first kappa shape index (κ1) is 15.9. The molecule has 0 unspecified atom stereocenters. The number of hydrogen-bond donors (Lipinski definition) is 2. The summed E-state index contributed by atoms with van der Waals surface area (Å²) in [4.78, 5) is 0. The van der Waals surface area contributed by atoms with Crippen LogP contribution in [0, 0.1) is 0 Å². The average Bonchev–Trinajstić information content (AvgIpc) is 2.34. The molecular weight excluding hydrogens is 283 g/mol. The van der Waals surface area contributed by atoms with Gasteiger partial charge in [-0.3, -0.25) is 0 Å². The number of halogens is 3. The second kappa shape index (κ2) is 6.36. The van der Waals surface area contributed by atoms with E-state index < -0.39 is 28.8 Å². The van der Waals surface area contributed by atoms with Crippen molar-refractivity contribution in [3.8, 4) is 0 Å². The fourth-order valence-corrected chi connectivity index (χ4v) is 2.35. The van der Waals surface area contributed by atoms with Crippen molar-refractivity contribution >= 4 is 10.0 Å². The van der Waals surface area contributed by atoms with E-state index in [1.165, 1.54) is 0 Å². The second-order valence-electron chi connectivity index (χ2n) is 3.96. The van der Waals surface area contributed by atoms with Crippen molar-refractivity contribution in [1.82, 2.24) is 4.72 Å². The number of benzene rings is 1. The quantitative estimate of drug-likeness (QED) is 0.825. The molecule has 1 aromatic carbocycles. The minimum atomic E-state index is -4.83. The summed E-state index contributed by atoms with van der Waals surface area (Å²) in [6, 6.07) is 8.70. The molecule has 0 aliphatic rings. The van der Waals surface area contributed by atoms with Crippen LogP contribution in [0.5, 0.6) is 0 Å². The Bertz CT molecular complexity index is 488. The SMILES string of the molecule is O=S(=O)(CCc1ccccc1)NC[C@@H](O)C(F)(F)F. The third-order valence-corrected chi connectivity index (χ3v) is 3.72. The van der Waals surface area contributed by atoms with Crippen LogP contribution in [0.4, 0.5) is 13.2 Å². The minimum Gasteiger partial charge on any atom is -0.382 e. The number of sulfonamides is 1. The van der Waals surface area contributed by atoms with E-state index in [0.717, 1.165) is 5.56 Å². The monoisotopic (exact) mass is 297 g/mol. The summed E-state index contributed by atoms with van der Waals surface area (Å²) in [6.45, 7) is -1.07. The van der Waals surface area contributed by atoms with Crippen LogP contribution in [0.1, 0.15) is 5.56 Å². The van der Waals surface area contributed by atoms with E-state index in [1.54, 1.807) is 35.1 Å². The highest BCUT2D eigenvalue weighted by molar-refractivity contribution is 7.89. The lowest BCUT2D eigenvalue weighted by atomic mass is 10.2. The van der Waals surface area contributed by atoms with Crippen molar-refractivity contribution in [3.63, 3.8) is 0 Å². The Hall–Kier alpha value is -1.12. The van der Waals surface area contributed by atoms with Gasteiger partial charge in [0.1, 0.15) is 0 Å². The van der Waals surface area contributed by atoms with Gasteiger partial charge in [-0.05, 0) is 12.0 Å². The van der Waals surface area contributed by atoms with Gasteiger partial charge in [0.05, 0.1) is 5.75 Å². The third kappa shape index (κ3) is 6.04. The predicted octanol–water partition coefficient (Wildman–Crippen LogP) is 1.07. The van der Waals surface area contributed by atoms with E-state index in [-0.39, 0.29) is 12.2 Å². The number of rotatable bonds is 6. The van der Waals surface area contributed by atoms with Crippen molar-refractivity contribution in [2.24, 2.45) is 0 Å². The second-order valence-corrected chi connectivity index (χ2v) is 5.89. The number of aliphatic hydroxyl groups excluding tert-OH is 1. The maximum Gasteiger partial charge on any atom is 0.415 e. The maximum absolute atomic E-state index is 12.0. The molecule has 0 spiro atoms. The number of aryl methyl sites for hydroxylation is 1. The molecule has 1 rings (SSSR count). The molecule has 1 aromatic rings. The van der Waals surface area contributed by atoms with Crippen LogP contribution in [0.3, 0.4) is 0 Å². The largest absolute Gasteiger partial charge is 0.415 e. The van der Waals surface area contributed by atoms with Gasteiger partial charge >= 0.3 is 6.18 Å². The molecule has 0 saturated carbocycles. The minimum absolute atomic E-state index is 0.193. The fraction of sp³-hybridized carbons (Fsp3) is 0.455. The van der Waals surface area contributed by atoms with Crippen LogP contribution in [0.15, 0.2) is 30.3 Å². The normalized spacial score (nSPS) is 14.3. The van der Waals surface area contributed by atoms with Crippen molar-refractivity contribution in [2.75, 3.05) is 12.3 Å². The Labute approximate surface area is 109 Å². The van der Waals surface area contributed by atoms with Crippen LogP contribution < -0.4 is 4.72 Å². The van der Waals surface area contributed by atoms with E-state index >= 15 is 0 Å². The smallest absolute Gasteiger partial charge is 0.382 e. The van der Waals surface area contributed by atoms with Crippen LogP contribution in [-0.4, -0.2) is 38.1 Å². The lowest BCUT2D eigenvalue weighted by molar-refractivity contribution is -0.200. The van der Waals surface area contributed by atoms with E-state index in [0.29, 0.717) is 0 Å². The Morgan fingerprint density at radius 2 is 1.79 bits per heavy atom. The van der Waals surface area contributed by atoms with E-state index in [2.05, 4.69) is 0 Å². The van der Waals surface area contributed by atoms with Crippen LogP contribution in [0.2, 0.25) is 0 Å². The first-order chi connectivity index (χ1) is 8.71. The van der Waals surface area contributed by atoms with Gasteiger partial charge in [-0.1, -0.05) is 30.3 Å². The first-order valence-electron chi connectivity index (χ1n) is 5.47. The Morgan fingerprint density at radius 1 is 1.21 bits per heavy atom. The molecule has 0 saturated heterocycles. The van der Waals surface area contributed by atoms with Crippen molar-refractivity contribution in [2.45, 2.75) is 18.7 Å². The molecule has 0 heterocycles. The average molecular weight is 297 g/mol. The molecule has 8 heteroatoms. The molecule has 1 atom stereocenters. The highest BCUT2D eigenvalue weighted by Gasteiger charge is 2.38. The molecule has 2 N–H and O–H groups in total. The summed E-state index contributed by atoms with van der Waals surface area (Å²) in [5.74, 6) is -0.332. The molecule has 108 valence electrons. The summed E-state index contributed by atoms with van der Waals surface area (Å²) in [7, 11) is -3.85. The van der Waals surface area contributed by atoms with Gasteiger partial charge in [-0.15, -0.1) is 0 Å². The van der Waals surface area contributed by atoms with Crippen LogP contribution in [0.25, 0.3) is 0 Å². The van der Waals surface area contributed by atoms with Crippen LogP contribution in [-0.2, 0) is 16.4 Å². The molecule has 0 fully saturated rings. The highest BCUT2D eigenvalue weighted by atomic mass is 32.2. The maximum atomic E-state index is 12.0. The molecule has 4 nitrogen and oxygen atoms in total. The van der Waals surface area contributed by atoms with Crippen molar-refractivity contribution < 1.29 is 26.7 Å². The summed E-state index contributed by atoms with van der Waals surface area (Å²) in [5, 5.41) is 8.68. The van der Waals surface area contributed by atoms with Gasteiger partial charge in [0, 0.05) is 6.54 Å². The predicted molar refractivity (Wildman–Crippen MR) is 64.0 cm³/mol. The lowest BCUT2D eigenvalue weighted by Crippen LogP contribution is -2.41. The van der Waals surface area contributed by atoms with E-state index in [4.69, 9.17) is 5.11 Å². The molecule has 19 heavy (non-hydrogen) atoms. The topological polar surface area (TPSA) is 66.4 Å². The number of hydrogen-bond acceptors (Lipinski definition) is 3. The highest BCUT2D eigenvalue weighted by Crippen LogP contribution is 2.19. The molecule has 0 aromatic heterocycles. The molecule has 0 aliphatic carbocycles. The van der Waals surface area contributed by atoms with Crippen LogP contribution >= 0.6 is 0 Å². The molecule has 0 amide bonds. The first-order valence-corrected chi connectivity index (χ1v) is 7.12. The fourth-order valence-electron chi connectivity index (χ4n) is 1.29. The number of aliphatic hydroxyl groups is 1. The molecular formula is C11H14F3NO3S. The molecule has 0 bridgehead atoms. The number of alkyl halides is 3. The standard InChI is InChI=1S/C11H14F3NO3S/c12-11(13,14)10(16)8-15-19(17,18)7-6-9-4-2-1-3-5-9/h1-5,10,15-16H,6-8H2/t10-/m1/s1.